The maximum atomic E-state index is 3.89. The summed E-state index contributed by atoms with van der Waals surface area (Å²) in [6.07, 6.45) is 6.19. The zero-order valence-electron chi connectivity index (χ0n) is 10.0. The lowest BCUT2D eigenvalue weighted by Gasteiger charge is -2.21. The average molecular weight is 215 g/mol. The van der Waals surface area contributed by atoms with Gasteiger partial charge in [0.1, 0.15) is 0 Å². The van der Waals surface area contributed by atoms with Crippen LogP contribution in [0.15, 0.2) is 55.6 Å². The van der Waals surface area contributed by atoms with E-state index in [0.717, 1.165) is 12.8 Å². The van der Waals surface area contributed by atoms with Gasteiger partial charge in [-0.05, 0) is 12.0 Å². The van der Waals surface area contributed by atoms with Gasteiger partial charge in [-0.25, -0.2) is 0 Å². The maximum absolute atomic E-state index is 3.89. The normalized spacial score (nSPS) is 14.1. The molecule has 0 aromatic heterocycles. The second-order valence-electron chi connectivity index (χ2n) is 3.92. The van der Waals surface area contributed by atoms with Crippen molar-refractivity contribution in [2.75, 3.05) is 0 Å². The molecule has 1 N–H and O–H groups in total. The molecule has 2 atom stereocenters. The highest BCUT2D eigenvalue weighted by Gasteiger charge is 2.10. The maximum Gasteiger partial charge on any atom is 0.0508 e. The van der Waals surface area contributed by atoms with Crippen LogP contribution in [0.4, 0.5) is 0 Å². The minimum atomic E-state index is 0.204. The molecule has 0 saturated carbocycles. The van der Waals surface area contributed by atoms with E-state index in [9.17, 15) is 0 Å². The summed E-state index contributed by atoms with van der Waals surface area (Å²) >= 11 is 0. The fourth-order valence-electron chi connectivity index (χ4n) is 1.77. The van der Waals surface area contributed by atoms with E-state index in [2.05, 4.69) is 49.7 Å². The van der Waals surface area contributed by atoms with Crippen LogP contribution in [0.25, 0.3) is 0 Å². The molecule has 0 heterocycles. The van der Waals surface area contributed by atoms with Crippen LogP contribution >= 0.6 is 0 Å². The van der Waals surface area contributed by atoms with Gasteiger partial charge in [0, 0.05) is 6.04 Å². The molecular weight excluding hydrogens is 194 g/mol. The number of benzene rings is 1. The SMILES string of the molecule is C=C[C@H](N[C@@H](C=C)CCC)c1ccccc1. The Morgan fingerprint density at radius 1 is 1.19 bits per heavy atom. The van der Waals surface area contributed by atoms with E-state index in [1.165, 1.54) is 5.56 Å². The van der Waals surface area contributed by atoms with E-state index in [-0.39, 0.29) is 6.04 Å². The molecule has 0 fully saturated rings. The smallest absolute Gasteiger partial charge is 0.0508 e. The van der Waals surface area contributed by atoms with Gasteiger partial charge < -0.3 is 5.32 Å². The summed E-state index contributed by atoms with van der Waals surface area (Å²) in [6.45, 7) is 9.94. The van der Waals surface area contributed by atoms with Gasteiger partial charge in [0.2, 0.25) is 0 Å². The van der Waals surface area contributed by atoms with Crippen molar-refractivity contribution in [3.05, 3.63) is 61.2 Å². The summed E-state index contributed by atoms with van der Waals surface area (Å²) < 4.78 is 0. The molecule has 0 bridgehead atoms. The molecule has 1 nitrogen and oxygen atoms in total. The van der Waals surface area contributed by atoms with Crippen LogP contribution in [0.1, 0.15) is 31.4 Å². The van der Waals surface area contributed by atoms with Crippen molar-refractivity contribution < 1.29 is 0 Å². The quantitative estimate of drug-likeness (QED) is 0.681. The lowest BCUT2D eigenvalue weighted by Crippen LogP contribution is -2.30. The molecule has 1 rings (SSSR count). The van der Waals surface area contributed by atoms with Crippen LogP contribution in [0, 0.1) is 0 Å². The first-order chi connectivity index (χ1) is 7.81. The molecule has 0 amide bonds. The third-order valence-electron chi connectivity index (χ3n) is 2.67. The van der Waals surface area contributed by atoms with Crippen molar-refractivity contribution in [3.8, 4) is 0 Å². The summed E-state index contributed by atoms with van der Waals surface area (Å²) in [4.78, 5) is 0. The Morgan fingerprint density at radius 3 is 2.38 bits per heavy atom. The van der Waals surface area contributed by atoms with Gasteiger partial charge in [0.25, 0.3) is 0 Å². The highest BCUT2D eigenvalue weighted by molar-refractivity contribution is 5.22. The van der Waals surface area contributed by atoms with Gasteiger partial charge in [-0.3, -0.25) is 0 Å². The third kappa shape index (κ3) is 3.67. The first-order valence-corrected chi connectivity index (χ1v) is 5.88. The summed E-state index contributed by atoms with van der Waals surface area (Å²) in [7, 11) is 0. The molecular formula is C15H21N. The van der Waals surface area contributed by atoms with Gasteiger partial charge in [-0.15, -0.1) is 13.2 Å². The van der Waals surface area contributed by atoms with Crippen LogP contribution in [0.5, 0.6) is 0 Å². The predicted octanol–water partition coefficient (Wildman–Crippen LogP) is 3.86. The van der Waals surface area contributed by atoms with Crippen molar-refractivity contribution >= 4 is 0 Å². The topological polar surface area (TPSA) is 12.0 Å². The minimum Gasteiger partial charge on any atom is -0.300 e. The minimum absolute atomic E-state index is 0.204. The van der Waals surface area contributed by atoms with Crippen molar-refractivity contribution in [3.63, 3.8) is 0 Å². The summed E-state index contributed by atoms with van der Waals surface area (Å²) in [5.41, 5.74) is 1.25. The highest BCUT2D eigenvalue weighted by Crippen LogP contribution is 2.15. The Labute approximate surface area is 98.9 Å². The summed E-state index contributed by atoms with van der Waals surface area (Å²) in [5.74, 6) is 0. The fourth-order valence-corrected chi connectivity index (χ4v) is 1.77. The fraction of sp³-hybridized carbons (Fsp3) is 0.333. The van der Waals surface area contributed by atoms with E-state index in [4.69, 9.17) is 0 Å². The van der Waals surface area contributed by atoms with Gasteiger partial charge in [0.15, 0.2) is 0 Å². The Bertz CT molecular complexity index is 315. The van der Waals surface area contributed by atoms with Crippen molar-refractivity contribution in [2.45, 2.75) is 31.8 Å². The second-order valence-corrected chi connectivity index (χ2v) is 3.92. The molecule has 0 unspecified atom stereocenters. The van der Waals surface area contributed by atoms with Crippen LogP contribution < -0.4 is 5.32 Å². The molecule has 0 radical (unpaired) electrons. The van der Waals surface area contributed by atoms with Gasteiger partial charge >= 0.3 is 0 Å². The summed E-state index contributed by atoms with van der Waals surface area (Å²) in [5, 5.41) is 3.53. The number of hydrogen-bond donors (Lipinski definition) is 1. The molecule has 0 saturated heterocycles. The van der Waals surface area contributed by atoms with Crippen LogP contribution in [-0.4, -0.2) is 6.04 Å². The van der Waals surface area contributed by atoms with Crippen molar-refractivity contribution in [1.29, 1.82) is 0 Å². The van der Waals surface area contributed by atoms with Crippen LogP contribution in [0.2, 0.25) is 0 Å². The first-order valence-electron chi connectivity index (χ1n) is 5.88. The molecule has 86 valence electrons. The number of nitrogens with one attached hydrogen (secondary N) is 1. The Balaban J connectivity index is 2.68. The summed E-state index contributed by atoms with van der Waals surface area (Å²) in [6, 6.07) is 10.9. The molecule has 0 aliphatic rings. The number of hydrogen-bond acceptors (Lipinski definition) is 1. The second kappa shape index (κ2) is 7.02. The lowest BCUT2D eigenvalue weighted by molar-refractivity contribution is 0.512. The third-order valence-corrected chi connectivity index (χ3v) is 2.67. The molecule has 1 aromatic rings. The van der Waals surface area contributed by atoms with E-state index in [1.54, 1.807) is 0 Å². The molecule has 16 heavy (non-hydrogen) atoms. The van der Waals surface area contributed by atoms with Gasteiger partial charge in [-0.1, -0.05) is 55.8 Å². The monoisotopic (exact) mass is 215 g/mol. The largest absolute Gasteiger partial charge is 0.300 e. The van der Waals surface area contributed by atoms with E-state index in [1.807, 2.05) is 18.2 Å². The Kier molecular flexibility index (Phi) is 5.58. The molecule has 1 aromatic carbocycles. The lowest BCUT2D eigenvalue weighted by atomic mass is 10.0. The molecule has 1 heteroatoms. The average Bonchev–Trinajstić information content (AvgIpc) is 2.35. The van der Waals surface area contributed by atoms with E-state index >= 15 is 0 Å². The van der Waals surface area contributed by atoms with Crippen molar-refractivity contribution in [2.24, 2.45) is 0 Å². The van der Waals surface area contributed by atoms with Crippen LogP contribution in [-0.2, 0) is 0 Å². The van der Waals surface area contributed by atoms with Crippen LogP contribution in [0.3, 0.4) is 0 Å². The number of rotatable bonds is 7. The highest BCUT2D eigenvalue weighted by atomic mass is 14.9. The molecule has 0 spiro atoms. The predicted molar refractivity (Wildman–Crippen MR) is 71.4 cm³/mol. The van der Waals surface area contributed by atoms with Gasteiger partial charge in [-0.2, -0.15) is 0 Å². The van der Waals surface area contributed by atoms with E-state index in [0.29, 0.717) is 6.04 Å². The Morgan fingerprint density at radius 2 is 1.88 bits per heavy atom. The van der Waals surface area contributed by atoms with E-state index < -0.39 is 0 Å². The van der Waals surface area contributed by atoms with Gasteiger partial charge in [0.05, 0.1) is 6.04 Å². The standard InChI is InChI=1S/C15H21N/c1-4-10-14(5-2)16-15(6-3)13-11-8-7-9-12-13/h5-9,11-12,14-16H,2-4,10H2,1H3/t14-,15-/m0/s1. The Hall–Kier alpha value is -1.34. The zero-order valence-corrected chi connectivity index (χ0v) is 10.0. The first kappa shape index (κ1) is 12.7. The zero-order chi connectivity index (χ0) is 11.8. The van der Waals surface area contributed by atoms with Crippen molar-refractivity contribution in [1.82, 2.24) is 5.32 Å². The molecule has 0 aliphatic carbocycles. The molecule has 0 aliphatic heterocycles.